The largest absolute Gasteiger partial charge is 0.508 e. The summed E-state index contributed by atoms with van der Waals surface area (Å²) in [6.45, 7) is 11.0. The van der Waals surface area contributed by atoms with Gasteiger partial charge in [0, 0.05) is 0 Å². The summed E-state index contributed by atoms with van der Waals surface area (Å²) in [5.41, 5.74) is 3.19. The summed E-state index contributed by atoms with van der Waals surface area (Å²) in [5.74, 6) is 1.88. The number of benzene rings is 5. The third-order valence-electron chi connectivity index (χ3n) is 8.08. The monoisotopic (exact) mass is 592 g/mol. The quantitative estimate of drug-likeness (QED) is 0.0716. The molecule has 0 aliphatic heterocycles. The van der Waals surface area contributed by atoms with Crippen molar-refractivity contribution in [3.8, 4) is 11.5 Å². The Morgan fingerprint density at radius 1 is 0.682 bits per heavy atom. The number of phenols is 1. The number of carbonyl (C=O) groups excluding carboxylic acids is 1. The van der Waals surface area contributed by atoms with Gasteiger partial charge < -0.3 is 19.3 Å². The number of carbonyl (C=O) groups is 1. The van der Waals surface area contributed by atoms with Gasteiger partial charge in [-0.3, -0.25) is 0 Å². The second-order valence-electron chi connectivity index (χ2n) is 11.2. The van der Waals surface area contributed by atoms with Crippen LogP contribution in [0.4, 0.5) is 0 Å². The smallest absolute Gasteiger partial charge is 0.339 e. The molecule has 230 valence electrons. The number of fused-ring (bicyclic) bond motifs is 2. The van der Waals surface area contributed by atoms with Gasteiger partial charge in [0.05, 0.1) is 12.2 Å². The first-order valence-corrected chi connectivity index (χ1v) is 15.5. The van der Waals surface area contributed by atoms with E-state index in [1.54, 1.807) is 12.1 Å². The normalized spacial score (nSPS) is 13.0. The zero-order chi connectivity index (χ0) is 31.5. The molecule has 5 nitrogen and oxygen atoms in total. The van der Waals surface area contributed by atoms with E-state index in [1.165, 1.54) is 11.1 Å². The van der Waals surface area contributed by atoms with Crippen molar-refractivity contribution in [2.75, 3.05) is 13.2 Å². The van der Waals surface area contributed by atoms with Crippen molar-refractivity contribution in [3.63, 3.8) is 0 Å². The lowest BCUT2D eigenvalue weighted by molar-refractivity contribution is -0.0783. The summed E-state index contributed by atoms with van der Waals surface area (Å²) in [6, 6.07) is 33.4. The van der Waals surface area contributed by atoms with E-state index in [1.807, 2.05) is 79.7 Å². The number of aromatic hydroxyl groups is 1. The van der Waals surface area contributed by atoms with Gasteiger partial charge in [-0.2, -0.15) is 0 Å². The summed E-state index contributed by atoms with van der Waals surface area (Å²) in [6.07, 6.45) is 1.80. The van der Waals surface area contributed by atoms with Gasteiger partial charge in [-0.25, -0.2) is 4.79 Å². The Morgan fingerprint density at radius 2 is 1.18 bits per heavy atom. The molecule has 5 heteroatoms. The maximum Gasteiger partial charge on any atom is 0.339 e. The van der Waals surface area contributed by atoms with Crippen LogP contribution in [0, 0.1) is 0 Å². The van der Waals surface area contributed by atoms with E-state index in [0.29, 0.717) is 23.1 Å². The van der Waals surface area contributed by atoms with Gasteiger partial charge in [-0.15, -0.1) is 0 Å². The molecule has 0 fully saturated rings. The summed E-state index contributed by atoms with van der Waals surface area (Å²) in [4.78, 5) is 13.0. The Labute approximate surface area is 261 Å². The topological polar surface area (TPSA) is 65.0 Å². The molecule has 5 aromatic rings. The highest BCUT2D eigenvalue weighted by molar-refractivity contribution is 6.16. The molecule has 5 rings (SSSR count). The Morgan fingerprint density at radius 3 is 1.70 bits per heavy atom. The minimum absolute atomic E-state index is 0.150. The molecular weight excluding hydrogens is 548 g/mol. The second-order valence-corrected chi connectivity index (χ2v) is 11.2. The lowest BCUT2D eigenvalue weighted by Crippen LogP contribution is -2.20. The molecule has 0 heterocycles. The van der Waals surface area contributed by atoms with E-state index in [4.69, 9.17) is 19.3 Å². The number of esters is 1. The lowest BCUT2D eigenvalue weighted by Gasteiger charge is -2.17. The predicted molar refractivity (Wildman–Crippen MR) is 180 cm³/mol. The van der Waals surface area contributed by atoms with Crippen molar-refractivity contribution in [3.05, 3.63) is 120 Å². The SMILES string of the molecule is CCC(C)c1ccc(O)cc1.CCC(C)c1ccc(OC(C)OCCOC(=O)c2c3ccccc3cc3ccccc23)cc1. The molecule has 0 spiro atoms. The van der Waals surface area contributed by atoms with E-state index in [9.17, 15) is 4.79 Å². The summed E-state index contributed by atoms with van der Waals surface area (Å²) < 4.78 is 17.1. The molecule has 3 unspecified atom stereocenters. The maximum absolute atomic E-state index is 13.0. The van der Waals surface area contributed by atoms with Crippen molar-refractivity contribution < 1.29 is 24.1 Å². The Kier molecular flexibility index (Phi) is 11.8. The van der Waals surface area contributed by atoms with Crippen molar-refractivity contribution >= 4 is 27.5 Å². The molecule has 1 N–H and O–H groups in total. The third-order valence-corrected chi connectivity index (χ3v) is 8.08. The van der Waals surface area contributed by atoms with Crippen LogP contribution in [0.5, 0.6) is 11.5 Å². The van der Waals surface area contributed by atoms with Crippen LogP contribution in [0.3, 0.4) is 0 Å². The first-order valence-electron chi connectivity index (χ1n) is 15.5. The van der Waals surface area contributed by atoms with Crippen molar-refractivity contribution in [1.29, 1.82) is 0 Å². The Balaban J connectivity index is 0.000000339. The molecule has 0 radical (unpaired) electrons. The van der Waals surface area contributed by atoms with Gasteiger partial charge in [-0.05, 0) is 94.6 Å². The fourth-order valence-corrected chi connectivity index (χ4v) is 5.03. The van der Waals surface area contributed by atoms with Crippen LogP contribution in [0.1, 0.15) is 80.8 Å². The van der Waals surface area contributed by atoms with Gasteiger partial charge in [0.1, 0.15) is 18.1 Å². The van der Waals surface area contributed by atoms with Gasteiger partial charge in [-0.1, -0.05) is 100 Å². The molecular formula is C39H44O5. The third kappa shape index (κ3) is 8.61. The number of ether oxygens (including phenoxy) is 3. The highest BCUT2D eigenvalue weighted by atomic mass is 16.7. The van der Waals surface area contributed by atoms with Crippen molar-refractivity contribution in [2.24, 2.45) is 0 Å². The van der Waals surface area contributed by atoms with Crippen LogP contribution < -0.4 is 4.74 Å². The van der Waals surface area contributed by atoms with Crippen LogP contribution in [0.15, 0.2) is 103 Å². The van der Waals surface area contributed by atoms with Gasteiger partial charge in [0.15, 0.2) is 6.29 Å². The van der Waals surface area contributed by atoms with Gasteiger partial charge in [0.25, 0.3) is 0 Å². The zero-order valence-corrected chi connectivity index (χ0v) is 26.5. The van der Waals surface area contributed by atoms with E-state index < -0.39 is 6.29 Å². The first kappa shape index (κ1) is 32.6. The summed E-state index contributed by atoms with van der Waals surface area (Å²) >= 11 is 0. The minimum Gasteiger partial charge on any atom is -0.508 e. The number of hydrogen-bond donors (Lipinski definition) is 1. The molecule has 5 aromatic carbocycles. The van der Waals surface area contributed by atoms with E-state index in [0.717, 1.165) is 40.1 Å². The molecule has 0 bridgehead atoms. The number of hydrogen-bond acceptors (Lipinski definition) is 5. The lowest BCUT2D eigenvalue weighted by atomic mass is 9.97. The average Bonchev–Trinajstić information content (AvgIpc) is 3.05. The fourth-order valence-electron chi connectivity index (χ4n) is 5.03. The minimum atomic E-state index is -0.448. The second kappa shape index (κ2) is 15.9. The number of rotatable bonds is 11. The maximum atomic E-state index is 13.0. The van der Waals surface area contributed by atoms with E-state index >= 15 is 0 Å². The standard InChI is InChI=1S/C29H30O4.C10H14O/c1-4-20(2)22-13-15-25(16-14-22)33-21(3)31-17-18-32-29(30)28-26-11-7-5-9-23(26)19-24-10-6-8-12-27(24)28;1-3-8(2)9-4-6-10(11)7-5-9/h5-16,19-21H,4,17-18H2,1-3H3;4-8,11H,3H2,1-2H3. The van der Waals surface area contributed by atoms with E-state index in [2.05, 4.69) is 45.9 Å². The average molecular weight is 593 g/mol. The van der Waals surface area contributed by atoms with Crippen molar-refractivity contribution in [1.82, 2.24) is 0 Å². The molecule has 0 aliphatic carbocycles. The van der Waals surface area contributed by atoms with Gasteiger partial charge >= 0.3 is 5.97 Å². The Bertz CT molecular complexity index is 1570. The summed E-state index contributed by atoms with van der Waals surface area (Å²) in [7, 11) is 0. The zero-order valence-electron chi connectivity index (χ0n) is 26.5. The van der Waals surface area contributed by atoms with E-state index in [-0.39, 0.29) is 19.2 Å². The molecule has 0 saturated carbocycles. The van der Waals surface area contributed by atoms with Gasteiger partial charge in [0.2, 0.25) is 0 Å². The predicted octanol–water partition coefficient (Wildman–Crippen LogP) is 10.0. The van der Waals surface area contributed by atoms with Crippen LogP contribution in [0.2, 0.25) is 0 Å². The molecule has 0 aliphatic rings. The molecule has 0 amide bonds. The molecule has 0 aromatic heterocycles. The first-order chi connectivity index (χ1) is 21.3. The Hall–Kier alpha value is -4.35. The fraction of sp³-hybridized carbons (Fsp3) is 0.308. The molecule has 44 heavy (non-hydrogen) atoms. The number of phenolic OH excluding ortho intramolecular Hbond substituents is 1. The van der Waals surface area contributed by atoms with Crippen LogP contribution >= 0.6 is 0 Å². The highest BCUT2D eigenvalue weighted by Crippen LogP contribution is 2.29. The molecule has 0 saturated heterocycles. The van der Waals surface area contributed by atoms with Crippen LogP contribution in [-0.2, 0) is 9.47 Å². The van der Waals surface area contributed by atoms with Crippen LogP contribution in [0.25, 0.3) is 21.5 Å². The molecule has 3 atom stereocenters. The highest BCUT2D eigenvalue weighted by Gasteiger charge is 2.16. The summed E-state index contributed by atoms with van der Waals surface area (Å²) in [5, 5.41) is 12.8. The van der Waals surface area contributed by atoms with Crippen LogP contribution in [-0.4, -0.2) is 30.6 Å². The van der Waals surface area contributed by atoms with Crippen molar-refractivity contribution in [2.45, 2.75) is 65.6 Å².